The zero-order chi connectivity index (χ0) is 18.9. The quantitative estimate of drug-likeness (QED) is 0.719. The van der Waals surface area contributed by atoms with Crippen LogP contribution in [0.2, 0.25) is 0 Å². The normalized spacial score (nSPS) is 11.7. The molecule has 0 amide bonds. The molecule has 0 aliphatic heterocycles. The summed E-state index contributed by atoms with van der Waals surface area (Å²) in [5.74, 6) is 0.529. The van der Waals surface area contributed by atoms with E-state index in [2.05, 4.69) is 9.71 Å². The van der Waals surface area contributed by atoms with Gasteiger partial charge >= 0.3 is 0 Å². The lowest BCUT2D eigenvalue weighted by Gasteiger charge is -2.17. The maximum absolute atomic E-state index is 13.1. The van der Waals surface area contributed by atoms with Gasteiger partial charge in [-0.2, -0.15) is 0 Å². The molecule has 2 aromatic carbocycles. The molecule has 0 saturated heterocycles. The Bertz CT molecular complexity index is 1050. The monoisotopic (exact) mass is 370 g/mol. The van der Waals surface area contributed by atoms with Crippen molar-refractivity contribution >= 4 is 26.6 Å². The molecule has 0 spiro atoms. The SMILES string of the molecule is COc1cc(C)c(C(C)C)cc1S(=O)(=O)Nc1cccc2cccnc12. The van der Waals surface area contributed by atoms with Crippen LogP contribution in [-0.4, -0.2) is 20.5 Å². The predicted octanol–water partition coefficient (Wildman–Crippen LogP) is 4.48. The number of pyridine rings is 1. The van der Waals surface area contributed by atoms with Crippen molar-refractivity contribution in [3.8, 4) is 5.75 Å². The Hall–Kier alpha value is -2.60. The first-order chi connectivity index (χ1) is 12.3. The molecule has 0 fully saturated rings. The lowest BCUT2D eigenvalue weighted by molar-refractivity contribution is 0.402. The number of ether oxygens (including phenoxy) is 1. The lowest BCUT2D eigenvalue weighted by atomic mass is 9.98. The minimum Gasteiger partial charge on any atom is -0.495 e. The summed E-state index contributed by atoms with van der Waals surface area (Å²) in [6.07, 6.45) is 1.64. The molecule has 136 valence electrons. The van der Waals surface area contributed by atoms with Crippen molar-refractivity contribution in [1.82, 2.24) is 4.98 Å². The smallest absolute Gasteiger partial charge is 0.265 e. The average molecular weight is 370 g/mol. The minimum atomic E-state index is -3.84. The number of para-hydroxylation sites is 1. The van der Waals surface area contributed by atoms with Crippen LogP contribution in [0.25, 0.3) is 10.9 Å². The number of hydrogen-bond donors (Lipinski definition) is 1. The summed E-state index contributed by atoms with van der Waals surface area (Å²) in [5.41, 5.74) is 3.02. The van der Waals surface area contributed by atoms with Gasteiger partial charge in [-0.1, -0.05) is 32.0 Å². The van der Waals surface area contributed by atoms with Crippen LogP contribution < -0.4 is 9.46 Å². The molecule has 1 N–H and O–H groups in total. The van der Waals surface area contributed by atoms with E-state index >= 15 is 0 Å². The fourth-order valence-electron chi connectivity index (χ4n) is 3.06. The topological polar surface area (TPSA) is 68.3 Å². The van der Waals surface area contributed by atoms with E-state index < -0.39 is 10.0 Å². The zero-order valence-electron chi connectivity index (χ0n) is 15.3. The molecule has 0 atom stereocenters. The van der Waals surface area contributed by atoms with Gasteiger partial charge in [0.1, 0.15) is 10.6 Å². The summed E-state index contributed by atoms with van der Waals surface area (Å²) < 4.78 is 34.2. The van der Waals surface area contributed by atoms with Crippen LogP contribution in [0.15, 0.2) is 53.6 Å². The molecule has 0 aliphatic rings. The molecule has 0 saturated carbocycles. The molecular formula is C20H22N2O3S. The Balaban J connectivity index is 2.12. The van der Waals surface area contributed by atoms with Crippen molar-refractivity contribution in [1.29, 1.82) is 0 Å². The second kappa shape index (κ2) is 6.96. The van der Waals surface area contributed by atoms with Crippen molar-refractivity contribution in [3.63, 3.8) is 0 Å². The van der Waals surface area contributed by atoms with E-state index in [-0.39, 0.29) is 10.8 Å². The predicted molar refractivity (Wildman–Crippen MR) is 104 cm³/mol. The number of benzene rings is 2. The van der Waals surface area contributed by atoms with Gasteiger partial charge in [0.2, 0.25) is 0 Å². The minimum absolute atomic E-state index is 0.127. The van der Waals surface area contributed by atoms with E-state index in [1.54, 1.807) is 30.5 Å². The first-order valence-corrected chi connectivity index (χ1v) is 9.87. The van der Waals surface area contributed by atoms with Gasteiger partial charge in [-0.25, -0.2) is 8.42 Å². The number of methoxy groups -OCH3 is 1. The Kier molecular flexibility index (Phi) is 4.87. The number of nitrogens with zero attached hydrogens (tertiary/aromatic N) is 1. The average Bonchev–Trinajstić information content (AvgIpc) is 2.61. The van der Waals surface area contributed by atoms with Gasteiger partial charge in [0.05, 0.1) is 18.3 Å². The molecule has 26 heavy (non-hydrogen) atoms. The Morgan fingerprint density at radius 2 is 1.85 bits per heavy atom. The van der Waals surface area contributed by atoms with E-state index in [0.717, 1.165) is 16.5 Å². The molecule has 6 heteroatoms. The molecule has 3 rings (SSSR count). The maximum atomic E-state index is 13.1. The number of fused-ring (bicyclic) bond motifs is 1. The van der Waals surface area contributed by atoms with E-state index in [0.29, 0.717) is 17.0 Å². The van der Waals surface area contributed by atoms with Crippen molar-refractivity contribution < 1.29 is 13.2 Å². The molecule has 1 aromatic heterocycles. The van der Waals surface area contributed by atoms with E-state index in [4.69, 9.17) is 4.74 Å². The van der Waals surface area contributed by atoms with Gasteiger partial charge in [0, 0.05) is 11.6 Å². The fourth-order valence-corrected chi connectivity index (χ4v) is 4.31. The second-order valence-corrected chi connectivity index (χ2v) is 8.15. The summed E-state index contributed by atoms with van der Waals surface area (Å²) in [4.78, 5) is 4.43. The Labute approximate surface area is 154 Å². The van der Waals surface area contributed by atoms with Gasteiger partial charge in [0.15, 0.2) is 0 Å². The van der Waals surface area contributed by atoms with Gasteiger partial charge in [-0.05, 0) is 48.2 Å². The molecule has 0 bridgehead atoms. The molecule has 3 aromatic rings. The van der Waals surface area contributed by atoms with Crippen LogP contribution in [0.3, 0.4) is 0 Å². The fraction of sp³-hybridized carbons (Fsp3) is 0.250. The second-order valence-electron chi connectivity index (χ2n) is 6.50. The molecule has 0 aliphatic carbocycles. The van der Waals surface area contributed by atoms with Crippen molar-refractivity contribution in [2.24, 2.45) is 0 Å². The van der Waals surface area contributed by atoms with Crippen LogP contribution in [0.1, 0.15) is 30.9 Å². The first kappa shape index (κ1) is 18.2. The number of rotatable bonds is 5. The summed E-state index contributed by atoms with van der Waals surface area (Å²) in [6, 6.07) is 12.6. The summed E-state index contributed by atoms with van der Waals surface area (Å²) in [7, 11) is -2.36. The largest absolute Gasteiger partial charge is 0.495 e. The lowest BCUT2D eigenvalue weighted by Crippen LogP contribution is -2.15. The molecular weight excluding hydrogens is 348 g/mol. The van der Waals surface area contributed by atoms with Gasteiger partial charge in [-0.3, -0.25) is 9.71 Å². The van der Waals surface area contributed by atoms with Gasteiger partial charge < -0.3 is 4.74 Å². The third kappa shape index (κ3) is 3.37. The van der Waals surface area contributed by atoms with Crippen molar-refractivity contribution in [2.75, 3.05) is 11.8 Å². The van der Waals surface area contributed by atoms with Crippen LogP contribution >= 0.6 is 0 Å². The summed E-state index contributed by atoms with van der Waals surface area (Å²) in [5, 5.41) is 0.867. The highest BCUT2D eigenvalue weighted by Crippen LogP contribution is 2.33. The molecule has 0 radical (unpaired) electrons. The standard InChI is InChI=1S/C20H22N2O3S/c1-13(2)16-12-19(18(25-4)11-14(16)3)26(23,24)22-17-9-5-7-15-8-6-10-21-20(15)17/h5-13,22H,1-4H3. The number of hydrogen-bond acceptors (Lipinski definition) is 4. The molecule has 5 nitrogen and oxygen atoms in total. The van der Waals surface area contributed by atoms with Crippen LogP contribution in [0, 0.1) is 6.92 Å². The van der Waals surface area contributed by atoms with Crippen molar-refractivity contribution in [3.05, 3.63) is 59.8 Å². The van der Waals surface area contributed by atoms with Crippen LogP contribution in [-0.2, 0) is 10.0 Å². The number of aromatic nitrogens is 1. The first-order valence-electron chi connectivity index (χ1n) is 8.38. The van der Waals surface area contributed by atoms with Crippen LogP contribution in [0.5, 0.6) is 5.75 Å². The Morgan fingerprint density at radius 1 is 1.12 bits per heavy atom. The number of sulfonamides is 1. The van der Waals surface area contributed by atoms with Gasteiger partial charge in [-0.15, -0.1) is 0 Å². The summed E-state index contributed by atoms with van der Waals surface area (Å²) >= 11 is 0. The zero-order valence-corrected chi connectivity index (χ0v) is 16.1. The highest BCUT2D eigenvalue weighted by molar-refractivity contribution is 7.92. The van der Waals surface area contributed by atoms with E-state index in [1.165, 1.54) is 7.11 Å². The highest BCUT2D eigenvalue weighted by Gasteiger charge is 2.23. The number of anilines is 1. The van der Waals surface area contributed by atoms with Gasteiger partial charge in [0.25, 0.3) is 10.0 Å². The van der Waals surface area contributed by atoms with Crippen molar-refractivity contribution in [2.45, 2.75) is 31.6 Å². The maximum Gasteiger partial charge on any atom is 0.265 e. The van der Waals surface area contributed by atoms with E-state index in [9.17, 15) is 8.42 Å². The third-order valence-electron chi connectivity index (χ3n) is 4.34. The number of nitrogens with one attached hydrogen (secondary N) is 1. The third-order valence-corrected chi connectivity index (χ3v) is 5.73. The number of aryl methyl sites for hydroxylation is 1. The molecule has 0 unspecified atom stereocenters. The summed E-state index contributed by atoms with van der Waals surface area (Å²) in [6.45, 7) is 6.02. The molecule has 1 heterocycles. The van der Waals surface area contributed by atoms with E-state index in [1.807, 2.05) is 39.0 Å². The Morgan fingerprint density at radius 3 is 2.54 bits per heavy atom. The highest BCUT2D eigenvalue weighted by atomic mass is 32.2. The van der Waals surface area contributed by atoms with Crippen LogP contribution in [0.4, 0.5) is 5.69 Å².